The maximum absolute atomic E-state index is 13.7. The van der Waals surface area contributed by atoms with Crippen molar-refractivity contribution in [3.8, 4) is 0 Å². The van der Waals surface area contributed by atoms with Crippen molar-refractivity contribution in [1.82, 2.24) is 0 Å². The SMILES string of the molecule is Fc1ccc([S+](c2ccc(F)cc2)c2ccc(Sc3ccc([S+](c4ccc(F)cc4)c4ccc(F)cc4)s3)s2)cc1. The van der Waals surface area contributed by atoms with Crippen LogP contribution in [0.2, 0.25) is 0 Å². The summed E-state index contributed by atoms with van der Waals surface area (Å²) in [5.41, 5.74) is 0. The first-order valence-electron chi connectivity index (χ1n) is 12.3. The van der Waals surface area contributed by atoms with E-state index in [1.165, 1.54) is 48.5 Å². The highest BCUT2D eigenvalue weighted by atomic mass is 32.2. The first-order valence-corrected chi connectivity index (χ1v) is 17.2. The standard InChI is InChI=1S/C32H20F4S5/c33-21-1-9-25(10-2-21)40(26-11-3-22(34)4-12-26)31-19-17-29(38-31)37-30-18-20-32(39-30)41(27-13-5-23(35)6-14-27)28-15-7-24(36)8-16-28/h1-20H/q+2. The van der Waals surface area contributed by atoms with Crippen molar-refractivity contribution in [2.24, 2.45) is 0 Å². The third-order valence-corrected chi connectivity index (χ3v) is 14.5. The zero-order chi connectivity index (χ0) is 28.3. The molecule has 0 nitrogen and oxygen atoms in total. The molecule has 0 saturated carbocycles. The summed E-state index contributed by atoms with van der Waals surface area (Å²) in [5, 5.41) is 0. The van der Waals surface area contributed by atoms with Gasteiger partial charge in [-0.05, 0) is 109 Å². The van der Waals surface area contributed by atoms with Gasteiger partial charge in [0.15, 0.2) is 19.6 Å². The van der Waals surface area contributed by atoms with E-state index in [-0.39, 0.29) is 23.3 Å². The average molecular weight is 641 g/mol. The minimum absolute atomic E-state index is 0.299. The van der Waals surface area contributed by atoms with Gasteiger partial charge in [0.05, 0.1) is 8.42 Å². The molecule has 6 rings (SSSR count). The number of thiophene rings is 2. The summed E-state index contributed by atoms with van der Waals surface area (Å²) in [4.78, 5) is 3.82. The highest BCUT2D eigenvalue weighted by Crippen LogP contribution is 2.44. The molecule has 9 heteroatoms. The molecular formula is C32H20F4S5+2. The van der Waals surface area contributed by atoms with Gasteiger partial charge in [0.25, 0.3) is 0 Å². The van der Waals surface area contributed by atoms with Crippen molar-refractivity contribution in [3.63, 3.8) is 0 Å². The molecule has 204 valence electrons. The van der Waals surface area contributed by atoms with Crippen LogP contribution in [-0.2, 0) is 21.8 Å². The number of hydrogen-bond acceptors (Lipinski definition) is 3. The van der Waals surface area contributed by atoms with Crippen molar-refractivity contribution in [1.29, 1.82) is 0 Å². The lowest BCUT2D eigenvalue weighted by molar-refractivity contribution is 0.625. The number of hydrogen-bond donors (Lipinski definition) is 0. The average Bonchev–Trinajstić information content (AvgIpc) is 3.63. The van der Waals surface area contributed by atoms with Crippen molar-refractivity contribution in [3.05, 3.63) is 145 Å². The summed E-state index contributed by atoms with van der Waals surface area (Å²) < 4.78 is 59.1. The smallest absolute Gasteiger partial charge is 0.207 e. The lowest BCUT2D eigenvalue weighted by Crippen LogP contribution is -2.03. The summed E-state index contributed by atoms with van der Waals surface area (Å²) in [7, 11) is -1.02. The molecule has 0 radical (unpaired) electrons. The fraction of sp³-hybridized carbons (Fsp3) is 0. The molecule has 0 atom stereocenters. The normalized spacial score (nSPS) is 11.5. The molecule has 0 N–H and O–H groups in total. The van der Waals surface area contributed by atoms with Crippen molar-refractivity contribution >= 4 is 56.2 Å². The van der Waals surface area contributed by atoms with Crippen LogP contribution < -0.4 is 0 Å². The van der Waals surface area contributed by atoms with Crippen LogP contribution in [0.25, 0.3) is 0 Å². The lowest BCUT2D eigenvalue weighted by atomic mass is 10.3. The van der Waals surface area contributed by atoms with Gasteiger partial charge in [-0.25, -0.2) is 17.6 Å². The fourth-order valence-electron chi connectivity index (χ4n) is 4.05. The minimum Gasteiger partial charge on any atom is -0.207 e. The molecule has 0 saturated heterocycles. The second kappa shape index (κ2) is 12.5. The Morgan fingerprint density at radius 2 is 0.634 bits per heavy atom. The molecule has 0 aliphatic heterocycles. The molecule has 0 aliphatic rings. The zero-order valence-electron chi connectivity index (χ0n) is 21.1. The van der Waals surface area contributed by atoms with Gasteiger partial charge in [0.2, 0.25) is 8.42 Å². The molecule has 0 fully saturated rings. The van der Waals surface area contributed by atoms with E-state index in [2.05, 4.69) is 24.3 Å². The molecule has 2 heterocycles. The summed E-state index contributed by atoms with van der Waals surface area (Å²) in [6.07, 6.45) is 0. The third-order valence-electron chi connectivity index (χ3n) is 5.91. The number of benzene rings is 4. The van der Waals surface area contributed by atoms with Crippen LogP contribution in [0.15, 0.2) is 158 Å². The topological polar surface area (TPSA) is 0 Å². The summed E-state index contributed by atoms with van der Waals surface area (Å²) in [6, 6.07) is 34.2. The minimum atomic E-state index is -0.509. The van der Waals surface area contributed by atoms with E-state index in [0.29, 0.717) is 0 Å². The van der Waals surface area contributed by atoms with E-state index in [9.17, 15) is 17.6 Å². The van der Waals surface area contributed by atoms with Gasteiger partial charge >= 0.3 is 0 Å². The second-order valence-corrected chi connectivity index (χ2v) is 17.0. The number of halogens is 4. The Bertz CT molecular complexity index is 1520. The van der Waals surface area contributed by atoms with Crippen LogP contribution in [0, 0.1) is 23.3 Å². The molecular weight excluding hydrogens is 621 g/mol. The van der Waals surface area contributed by atoms with E-state index in [4.69, 9.17) is 0 Å². The van der Waals surface area contributed by atoms with E-state index in [0.717, 1.165) is 36.4 Å². The van der Waals surface area contributed by atoms with Crippen molar-refractivity contribution in [2.45, 2.75) is 36.4 Å². The van der Waals surface area contributed by atoms with Crippen LogP contribution in [-0.4, -0.2) is 0 Å². The van der Waals surface area contributed by atoms with Crippen LogP contribution in [0.3, 0.4) is 0 Å². The first kappa shape index (κ1) is 28.2. The van der Waals surface area contributed by atoms with E-state index >= 15 is 0 Å². The Kier molecular flexibility index (Phi) is 8.60. The Hall–Kier alpha value is -2.95. The second-order valence-electron chi connectivity index (χ2n) is 8.68. The Balaban J connectivity index is 1.29. The summed E-state index contributed by atoms with van der Waals surface area (Å²) >= 11 is 4.98. The molecule has 0 spiro atoms. The molecule has 2 aromatic heterocycles. The maximum atomic E-state index is 13.7. The highest BCUT2D eigenvalue weighted by Gasteiger charge is 2.33. The van der Waals surface area contributed by atoms with Gasteiger partial charge in [-0.1, -0.05) is 34.4 Å². The molecule has 0 amide bonds. The van der Waals surface area contributed by atoms with Gasteiger partial charge < -0.3 is 0 Å². The fourth-order valence-corrected chi connectivity index (χ4v) is 13.2. The molecule has 0 aliphatic carbocycles. The van der Waals surface area contributed by atoms with Gasteiger partial charge in [0.1, 0.15) is 45.1 Å². The van der Waals surface area contributed by atoms with E-state index in [1.807, 2.05) is 0 Å². The predicted molar refractivity (Wildman–Crippen MR) is 163 cm³/mol. The Morgan fingerprint density at radius 1 is 0.366 bits per heavy atom. The first-order chi connectivity index (χ1) is 19.9. The van der Waals surface area contributed by atoms with Gasteiger partial charge in [-0.3, -0.25) is 0 Å². The van der Waals surface area contributed by atoms with Crippen LogP contribution in [0.5, 0.6) is 0 Å². The van der Waals surface area contributed by atoms with Crippen molar-refractivity contribution < 1.29 is 17.6 Å². The monoisotopic (exact) mass is 640 g/mol. The quantitative estimate of drug-likeness (QED) is 0.118. The largest absolute Gasteiger partial charge is 0.221 e. The van der Waals surface area contributed by atoms with Gasteiger partial charge in [-0.15, -0.1) is 0 Å². The molecule has 6 aromatic rings. The van der Waals surface area contributed by atoms with Gasteiger partial charge in [-0.2, -0.15) is 0 Å². The molecule has 0 bridgehead atoms. The molecule has 41 heavy (non-hydrogen) atoms. The highest BCUT2D eigenvalue weighted by molar-refractivity contribution is 8.04. The predicted octanol–water partition coefficient (Wildman–Crippen LogP) is 10.7. The summed E-state index contributed by atoms with van der Waals surface area (Å²) in [6.45, 7) is 0. The van der Waals surface area contributed by atoms with E-state index in [1.54, 1.807) is 83.0 Å². The van der Waals surface area contributed by atoms with Crippen LogP contribution in [0.4, 0.5) is 17.6 Å². The van der Waals surface area contributed by atoms with Crippen LogP contribution >= 0.6 is 34.4 Å². The zero-order valence-corrected chi connectivity index (χ0v) is 25.2. The Labute approximate surface area is 253 Å². The Morgan fingerprint density at radius 3 is 0.902 bits per heavy atom. The lowest BCUT2D eigenvalue weighted by Gasteiger charge is -2.06. The summed E-state index contributed by atoms with van der Waals surface area (Å²) in [5.74, 6) is -1.19. The molecule has 0 unspecified atom stereocenters. The van der Waals surface area contributed by atoms with Gasteiger partial charge in [0, 0.05) is 12.1 Å². The number of rotatable bonds is 8. The third kappa shape index (κ3) is 6.60. The van der Waals surface area contributed by atoms with E-state index < -0.39 is 21.8 Å². The maximum Gasteiger partial charge on any atom is 0.221 e. The van der Waals surface area contributed by atoms with Crippen molar-refractivity contribution in [2.75, 3.05) is 0 Å². The van der Waals surface area contributed by atoms with Crippen LogP contribution in [0.1, 0.15) is 0 Å². The molecule has 4 aromatic carbocycles.